The van der Waals surface area contributed by atoms with Gasteiger partial charge in [0, 0.05) is 5.39 Å². The molecule has 2 nitrogen and oxygen atoms in total. The van der Waals surface area contributed by atoms with Crippen molar-refractivity contribution in [2.75, 3.05) is 5.73 Å². The molecule has 1 aromatic carbocycles. The van der Waals surface area contributed by atoms with Crippen LogP contribution in [0.5, 0.6) is 0 Å². The smallest absolute Gasteiger partial charge is 0.138 e. The molecule has 0 amide bonds. The van der Waals surface area contributed by atoms with Crippen molar-refractivity contribution >= 4 is 32.7 Å². The van der Waals surface area contributed by atoms with Gasteiger partial charge in [0.25, 0.3) is 0 Å². The van der Waals surface area contributed by atoms with E-state index in [-0.39, 0.29) is 0 Å². The summed E-state index contributed by atoms with van der Waals surface area (Å²) in [6.07, 6.45) is 1.02. The number of nitrogens with zero attached hydrogens (tertiary/aromatic N) is 1. The van der Waals surface area contributed by atoms with E-state index in [4.69, 9.17) is 5.73 Å². The maximum Gasteiger partial charge on any atom is 0.138 e. The first-order chi connectivity index (χ1) is 6.70. The minimum atomic E-state index is 0.547. The molecule has 0 saturated heterocycles. The molecule has 2 aromatic rings. The molecule has 72 valence electrons. The Morgan fingerprint density at radius 3 is 2.86 bits per heavy atom. The lowest BCUT2D eigenvalue weighted by molar-refractivity contribution is 1.14. The van der Waals surface area contributed by atoms with E-state index in [1.165, 1.54) is 5.56 Å². The van der Waals surface area contributed by atoms with Crippen molar-refractivity contribution in [2.24, 2.45) is 0 Å². The number of nitrogens with two attached hydrogens (primary N) is 1. The number of benzene rings is 1. The van der Waals surface area contributed by atoms with Gasteiger partial charge >= 0.3 is 0 Å². The molecule has 0 aliphatic carbocycles. The van der Waals surface area contributed by atoms with Crippen LogP contribution in [0.2, 0.25) is 0 Å². The Kier molecular flexibility index (Phi) is 2.42. The number of pyridine rings is 1. The Balaban J connectivity index is 2.70. The van der Waals surface area contributed by atoms with Crippen LogP contribution in [0.25, 0.3) is 10.9 Å². The highest BCUT2D eigenvalue weighted by atomic mass is 79.9. The quantitative estimate of drug-likeness (QED) is 0.845. The summed E-state index contributed by atoms with van der Waals surface area (Å²) in [5.74, 6) is 0.547. The third-order valence-electron chi connectivity index (χ3n) is 2.27. The zero-order valence-corrected chi connectivity index (χ0v) is 9.51. The van der Waals surface area contributed by atoms with Gasteiger partial charge in [0.1, 0.15) is 5.82 Å². The summed E-state index contributed by atoms with van der Waals surface area (Å²) in [7, 11) is 0. The highest BCUT2D eigenvalue weighted by Gasteiger charge is 2.01. The van der Waals surface area contributed by atoms with Gasteiger partial charge in [-0.2, -0.15) is 0 Å². The largest absolute Gasteiger partial charge is 0.383 e. The molecule has 14 heavy (non-hydrogen) atoms. The van der Waals surface area contributed by atoms with Crippen molar-refractivity contribution in [1.82, 2.24) is 4.98 Å². The van der Waals surface area contributed by atoms with Gasteiger partial charge in [0.2, 0.25) is 0 Å². The minimum absolute atomic E-state index is 0.547. The van der Waals surface area contributed by atoms with E-state index in [2.05, 4.69) is 46.0 Å². The first kappa shape index (κ1) is 9.46. The van der Waals surface area contributed by atoms with E-state index < -0.39 is 0 Å². The van der Waals surface area contributed by atoms with E-state index in [0.29, 0.717) is 5.82 Å². The first-order valence-corrected chi connectivity index (χ1v) is 5.34. The molecule has 0 spiro atoms. The lowest BCUT2D eigenvalue weighted by Gasteiger charge is -2.03. The SMILES string of the molecule is CCc1ccc2cc(Br)c(N)nc2c1. The molecule has 0 atom stereocenters. The molecule has 1 heterocycles. The maximum atomic E-state index is 5.72. The standard InChI is InChI=1S/C11H11BrN2/c1-2-7-3-4-8-6-9(12)11(13)14-10(8)5-7/h3-6H,2H2,1H3,(H2,13,14). The number of aryl methyl sites for hydroxylation is 1. The second kappa shape index (κ2) is 3.58. The normalized spacial score (nSPS) is 10.7. The molecule has 0 saturated carbocycles. The van der Waals surface area contributed by atoms with E-state index in [9.17, 15) is 0 Å². The third-order valence-corrected chi connectivity index (χ3v) is 2.91. The van der Waals surface area contributed by atoms with Crippen LogP contribution in [-0.4, -0.2) is 4.98 Å². The summed E-state index contributed by atoms with van der Waals surface area (Å²) < 4.78 is 0.856. The molecule has 3 heteroatoms. The molecule has 0 aliphatic heterocycles. The van der Waals surface area contributed by atoms with Crippen LogP contribution in [0.15, 0.2) is 28.7 Å². The van der Waals surface area contributed by atoms with Gasteiger partial charge in [-0.1, -0.05) is 19.1 Å². The molecule has 0 fully saturated rings. The molecule has 2 N–H and O–H groups in total. The van der Waals surface area contributed by atoms with Crippen LogP contribution in [0.4, 0.5) is 5.82 Å². The van der Waals surface area contributed by atoms with Gasteiger partial charge in [-0.05, 0) is 40.0 Å². The highest BCUT2D eigenvalue weighted by Crippen LogP contribution is 2.23. The predicted octanol–water partition coefficient (Wildman–Crippen LogP) is 3.14. The fourth-order valence-corrected chi connectivity index (χ4v) is 1.76. The third kappa shape index (κ3) is 1.60. The van der Waals surface area contributed by atoms with Crippen molar-refractivity contribution in [3.63, 3.8) is 0 Å². The second-order valence-corrected chi connectivity index (χ2v) is 4.09. The van der Waals surface area contributed by atoms with Crippen molar-refractivity contribution in [3.8, 4) is 0 Å². The van der Waals surface area contributed by atoms with Gasteiger partial charge in [-0.15, -0.1) is 0 Å². The number of nitrogen functional groups attached to an aromatic ring is 1. The van der Waals surface area contributed by atoms with Crippen molar-refractivity contribution in [2.45, 2.75) is 13.3 Å². The maximum absolute atomic E-state index is 5.72. The summed E-state index contributed by atoms with van der Waals surface area (Å²) in [5, 5.41) is 1.11. The lowest BCUT2D eigenvalue weighted by atomic mass is 10.1. The summed E-state index contributed by atoms with van der Waals surface area (Å²) in [5.41, 5.74) is 7.97. The van der Waals surface area contributed by atoms with Crippen molar-refractivity contribution in [3.05, 3.63) is 34.3 Å². The zero-order chi connectivity index (χ0) is 10.1. The highest BCUT2D eigenvalue weighted by molar-refractivity contribution is 9.10. The van der Waals surface area contributed by atoms with Crippen LogP contribution in [-0.2, 0) is 6.42 Å². The number of fused-ring (bicyclic) bond motifs is 1. The Bertz CT molecular complexity index is 480. The molecule has 2 rings (SSSR count). The van der Waals surface area contributed by atoms with Gasteiger partial charge in [-0.25, -0.2) is 4.98 Å². The van der Waals surface area contributed by atoms with Crippen LogP contribution < -0.4 is 5.73 Å². The number of halogens is 1. The van der Waals surface area contributed by atoms with Crippen LogP contribution in [0.3, 0.4) is 0 Å². The zero-order valence-electron chi connectivity index (χ0n) is 7.92. The minimum Gasteiger partial charge on any atom is -0.383 e. The van der Waals surface area contributed by atoms with E-state index >= 15 is 0 Å². The van der Waals surface area contributed by atoms with E-state index in [1.54, 1.807) is 0 Å². The predicted molar refractivity (Wildman–Crippen MR) is 63.2 cm³/mol. The molecular formula is C11H11BrN2. The van der Waals surface area contributed by atoms with Crippen LogP contribution in [0, 0.1) is 0 Å². The summed E-state index contributed by atoms with van der Waals surface area (Å²) in [6.45, 7) is 2.13. The average Bonchev–Trinajstić information content (AvgIpc) is 2.19. The summed E-state index contributed by atoms with van der Waals surface area (Å²) >= 11 is 3.36. The summed E-state index contributed by atoms with van der Waals surface area (Å²) in [4.78, 5) is 4.31. The number of rotatable bonds is 1. The Morgan fingerprint density at radius 1 is 1.36 bits per heavy atom. The van der Waals surface area contributed by atoms with E-state index in [0.717, 1.165) is 21.8 Å². The summed E-state index contributed by atoms with van der Waals surface area (Å²) in [6, 6.07) is 8.27. The topological polar surface area (TPSA) is 38.9 Å². The van der Waals surface area contributed by atoms with Crippen molar-refractivity contribution < 1.29 is 0 Å². The Hall–Kier alpha value is -1.09. The average molecular weight is 251 g/mol. The van der Waals surface area contributed by atoms with Crippen LogP contribution in [0.1, 0.15) is 12.5 Å². The monoisotopic (exact) mass is 250 g/mol. The number of anilines is 1. The van der Waals surface area contributed by atoms with Gasteiger partial charge in [-0.3, -0.25) is 0 Å². The fourth-order valence-electron chi connectivity index (χ4n) is 1.42. The molecular weight excluding hydrogens is 240 g/mol. The lowest BCUT2D eigenvalue weighted by Crippen LogP contribution is -1.92. The molecule has 0 radical (unpaired) electrons. The fraction of sp³-hybridized carbons (Fsp3) is 0.182. The van der Waals surface area contributed by atoms with Crippen LogP contribution >= 0.6 is 15.9 Å². The van der Waals surface area contributed by atoms with Gasteiger partial charge in [0.15, 0.2) is 0 Å². The molecule has 1 aromatic heterocycles. The Labute approximate surface area is 91.3 Å². The number of hydrogen-bond acceptors (Lipinski definition) is 2. The van der Waals surface area contributed by atoms with Crippen molar-refractivity contribution in [1.29, 1.82) is 0 Å². The van der Waals surface area contributed by atoms with Gasteiger partial charge < -0.3 is 5.73 Å². The molecule has 0 unspecified atom stereocenters. The number of hydrogen-bond donors (Lipinski definition) is 1. The molecule has 0 aliphatic rings. The first-order valence-electron chi connectivity index (χ1n) is 4.55. The number of aromatic nitrogens is 1. The second-order valence-electron chi connectivity index (χ2n) is 3.24. The van der Waals surface area contributed by atoms with Gasteiger partial charge in [0.05, 0.1) is 9.99 Å². The van der Waals surface area contributed by atoms with E-state index in [1.807, 2.05) is 6.07 Å². The molecule has 0 bridgehead atoms. The Morgan fingerprint density at radius 2 is 2.14 bits per heavy atom.